The molecule has 0 saturated carbocycles. The number of hydrogen-bond acceptors (Lipinski definition) is 3. The molecule has 1 aromatic heterocycles. The first-order valence-electron chi connectivity index (χ1n) is 7.41. The van der Waals surface area contributed by atoms with Gasteiger partial charge in [-0.2, -0.15) is 0 Å². The van der Waals surface area contributed by atoms with Crippen molar-refractivity contribution in [2.75, 3.05) is 13.1 Å². The quantitative estimate of drug-likeness (QED) is 0.800. The van der Waals surface area contributed by atoms with E-state index in [4.69, 9.17) is 0 Å². The second kappa shape index (κ2) is 6.99. The predicted molar refractivity (Wildman–Crippen MR) is 81.7 cm³/mol. The number of nitrogens with zero attached hydrogens (tertiary/aromatic N) is 2. The molecule has 0 unspecified atom stereocenters. The van der Waals surface area contributed by atoms with Crippen LogP contribution in [0.4, 0.5) is 0 Å². The van der Waals surface area contributed by atoms with Gasteiger partial charge in [-0.05, 0) is 51.8 Å². The fourth-order valence-electron chi connectivity index (χ4n) is 2.13. The first-order valence-corrected chi connectivity index (χ1v) is 7.41. The van der Waals surface area contributed by atoms with Crippen molar-refractivity contribution in [1.29, 1.82) is 0 Å². The first-order chi connectivity index (χ1) is 8.86. The summed E-state index contributed by atoms with van der Waals surface area (Å²) in [6, 6.07) is 0. The van der Waals surface area contributed by atoms with Gasteiger partial charge in [0.25, 0.3) is 0 Å². The lowest BCUT2D eigenvalue weighted by Crippen LogP contribution is -2.20. The van der Waals surface area contributed by atoms with Crippen LogP contribution in [0.15, 0.2) is 0 Å². The molecule has 0 spiro atoms. The van der Waals surface area contributed by atoms with Crippen molar-refractivity contribution in [1.82, 2.24) is 15.3 Å². The van der Waals surface area contributed by atoms with Crippen molar-refractivity contribution in [3.05, 3.63) is 22.8 Å². The molecule has 1 N–H and O–H groups in total. The average molecular weight is 263 g/mol. The van der Waals surface area contributed by atoms with Crippen LogP contribution in [-0.2, 0) is 11.8 Å². The molecule has 0 atom stereocenters. The van der Waals surface area contributed by atoms with E-state index < -0.39 is 0 Å². The largest absolute Gasteiger partial charge is 0.317 e. The van der Waals surface area contributed by atoms with Gasteiger partial charge < -0.3 is 5.32 Å². The van der Waals surface area contributed by atoms with E-state index in [0.717, 1.165) is 43.1 Å². The lowest BCUT2D eigenvalue weighted by molar-refractivity contribution is 0.537. The van der Waals surface area contributed by atoms with Crippen LogP contribution in [-0.4, -0.2) is 23.1 Å². The Morgan fingerprint density at radius 3 is 2.05 bits per heavy atom. The van der Waals surface area contributed by atoms with E-state index in [1.807, 2.05) is 0 Å². The van der Waals surface area contributed by atoms with Crippen molar-refractivity contribution in [3.8, 4) is 0 Å². The molecule has 3 heteroatoms. The summed E-state index contributed by atoms with van der Waals surface area (Å²) < 4.78 is 0. The number of aryl methyl sites for hydroxylation is 2. The highest BCUT2D eigenvalue weighted by Crippen LogP contribution is 2.21. The van der Waals surface area contributed by atoms with E-state index in [2.05, 4.69) is 56.8 Å². The summed E-state index contributed by atoms with van der Waals surface area (Å²) in [7, 11) is 0. The maximum absolute atomic E-state index is 4.69. The standard InChI is InChI=1S/C16H29N3/c1-7-10-17-11-8-9-14-12(2)18-15(16(4,5)6)19-13(14)3/h17H,7-11H2,1-6H3. The fourth-order valence-corrected chi connectivity index (χ4v) is 2.13. The Morgan fingerprint density at radius 1 is 1.00 bits per heavy atom. The third-order valence-electron chi connectivity index (χ3n) is 3.30. The van der Waals surface area contributed by atoms with Crippen molar-refractivity contribution < 1.29 is 0 Å². The molecule has 0 saturated heterocycles. The maximum Gasteiger partial charge on any atom is 0.134 e. The Labute approximate surface area is 118 Å². The molecule has 0 aliphatic rings. The van der Waals surface area contributed by atoms with Crippen molar-refractivity contribution in [3.63, 3.8) is 0 Å². The van der Waals surface area contributed by atoms with Gasteiger partial charge in [0.1, 0.15) is 5.82 Å². The van der Waals surface area contributed by atoms with Crippen molar-refractivity contribution in [2.45, 2.75) is 66.2 Å². The number of nitrogens with one attached hydrogen (secondary N) is 1. The summed E-state index contributed by atoms with van der Waals surface area (Å²) in [5.41, 5.74) is 3.64. The van der Waals surface area contributed by atoms with E-state index in [9.17, 15) is 0 Å². The van der Waals surface area contributed by atoms with Gasteiger partial charge in [-0.15, -0.1) is 0 Å². The number of aromatic nitrogens is 2. The van der Waals surface area contributed by atoms with Crippen molar-refractivity contribution in [2.24, 2.45) is 0 Å². The van der Waals surface area contributed by atoms with E-state index in [0.29, 0.717) is 0 Å². The van der Waals surface area contributed by atoms with Crippen LogP contribution in [0.25, 0.3) is 0 Å². The van der Waals surface area contributed by atoms with Gasteiger partial charge in [-0.25, -0.2) is 9.97 Å². The van der Waals surface area contributed by atoms with Crippen LogP contribution in [0.5, 0.6) is 0 Å². The van der Waals surface area contributed by atoms with E-state index in [-0.39, 0.29) is 5.41 Å². The molecule has 19 heavy (non-hydrogen) atoms. The van der Waals surface area contributed by atoms with Crippen LogP contribution in [0.2, 0.25) is 0 Å². The zero-order chi connectivity index (χ0) is 14.5. The number of rotatable bonds is 6. The summed E-state index contributed by atoms with van der Waals surface area (Å²) in [4.78, 5) is 9.38. The molecule has 1 aromatic rings. The molecule has 1 rings (SSSR count). The van der Waals surface area contributed by atoms with Crippen LogP contribution >= 0.6 is 0 Å². The second-order valence-corrected chi connectivity index (χ2v) is 6.30. The zero-order valence-corrected chi connectivity index (χ0v) is 13.4. The third-order valence-corrected chi connectivity index (χ3v) is 3.30. The smallest absolute Gasteiger partial charge is 0.134 e. The van der Waals surface area contributed by atoms with Crippen LogP contribution in [0.1, 0.15) is 63.3 Å². The zero-order valence-electron chi connectivity index (χ0n) is 13.4. The molecule has 0 fully saturated rings. The minimum absolute atomic E-state index is 0.0245. The number of hydrogen-bond donors (Lipinski definition) is 1. The van der Waals surface area contributed by atoms with Gasteiger partial charge in [0, 0.05) is 16.8 Å². The molecule has 0 aliphatic heterocycles. The van der Waals surface area contributed by atoms with E-state index in [1.165, 1.54) is 12.0 Å². The molecule has 0 aromatic carbocycles. The Hall–Kier alpha value is -0.960. The fraction of sp³-hybridized carbons (Fsp3) is 0.750. The highest BCUT2D eigenvalue weighted by atomic mass is 14.9. The van der Waals surface area contributed by atoms with Crippen LogP contribution in [0, 0.1) is 13.8 Å². The third kappa shape index (κ3) is 4.90. The summed E-state index contributed by atoms with van der Waals surface area (Å²) in [6.45, 7) is 15.1. The average Bonchev–Trinajstić information content (AvgIpc) is 2.30. The van der Waals surface area contributed by atoms with Crippen LogP contribution < -0.4 is 5.32 Å². The molecular weight excluding hydrogens is 234 g/mol. The SMILES string of the molecule is CCCNCCCc1c(C)nc(C(C)(C)C)nc1C. The van der Waals surface area contributed by atoms with Gasteiger partial charge in [0.2, 0.25) is 0 Å². The Bertz CT molecular complexity index is 382. The topological polar surface area (TPSA) is 37.8 Å². The monoisotopic (exact) mass is 263 g/mol. The molecular formula is C16H29N3. The van der Waals surface area contributed by atoms with Gasteiger partial charge in [0.05, 0.1) is 0 Å². The summed E-state index contributed by atoms with van der Waals surface area (Å²) in [5, 5.41) is 3.44. The van der Waals surface area contributed by atoms with Crippen LogP contribution in [0.3, 0.4) is 0 Å². The Balaban J connectivity index is 2.70. The normalized spacial score (nSPS) is 11.9. The predicted octanol–water partition coefficient (Wildman–Crippen LogP) is 3.32. The summed E-state index contributed by atoms with van der Waals surface area (Å²) >= 11 is 0. The van der Waals surface area contributed by atoms with E-state index >= 15 is 0 Å². The first kappa shape index (κ1) is 16.1. The maximum atomic E-state index is 4.69. The van der Waals surface area contributed by atoms with Gasteiger partial charge in [-0.3, -0.25) is 0 Å². The second-order valence-electron chi connectivity index (χ2n) is 6.30. The molecule has 0 amide bonds. The Morgan fingerprint density at radius 2 is 1.58 bits per heavy atom. The molecule has 1 heterocycles. The lowest BCUT2D eigenvalue weighted by atomic mass is 9.94. The van der Waals surface area contributed by atoms with E-state index in [1.54, 1.807) is 0 Å². The minimum Gasteiger partial charge on any atom is -0.317 e. The van der Waals surface area contributed by atoms with Gasteiger partial charge in [-0.1, -0.05) is 27.7 Å². The molecule has 108 valence electrons. The van der Waals surface area contributed by atoms with Crippen molar-refractivity contribution >= 4 is 0 Å². The van der Waals surface area contributed by atoms with Gasteiger partial charge in [0.15, 0.2) is 0 Å². The minimum atomic E-state index is 0.0245. The summed E-state index contributed by atoms with van der Waals surface area (Å²) in [5.74, 6) is 0.954. The van der Waals surface area contributed by atoms with Gasteiger partial charge >= 0.3 is 0 Å². The highest BCUT2D eigenvalue weighted by molar-refractivity contribution is 5.26. The Kier molecular flexibility index (Phi) is 5.92. The summed E-state index contributed by atoms with van der Waals surface area (Å²) in [6.07, 6.45) is 3.42. The molecule has 3 nitrogen and oxygen atoms in total. The lowest BCUT2D eigenvalue weighted by Gasteiger charge is -2.19. The molecule has 0 aliphatic carbocycles. The molecule has 0 bridgehead atoms. The highest BCUT2D eigenvalue weighted by Gasteiger charge is 2.19. The molecule has 0 radical (unpaired) electrons.